The standard InChI is InChI=1S/C13H16N6O2/c1-3-5-19(4-2)13(21)12(20)17-9-7-15-11(14)8-6-16-18-10(8)9/h3,6-7H,1,4-5H2,2H3,(H2,14,15)(H,16,18)(H,17,20). The predicted molar refractivity (Wildman–Crippen MR) is 79.4 cm³/mol. The van der Waals surface area contributed by atoms with E-state index in [1.54, 1.807) is 13.0 Å². The Hall–Kier alpha value is -2.90. The van der Waals surface area contributed by atoms with Crippen molar-refractivity contribution < 1.29 is 9.59 Å². The molecule has 0 aliphatic heterocycles. The third kappa shape index (κ3) is 2.83. The summed E-state index contributed by atoms with van der Waals surface area (Å²) >= 11 is 0. The van der Waals surface area contributed by atoms with Gasteiger partial charge in [0.25, 0.3) is 0 Å². The molecule has 2 aromatic rings. The first-order valence-electron chi connectivity index (χ1n) is 6.37. The van der Waals surface area contributed by atoms with Crippen LogP contribution in [-0.4, -0.2) is 45.0 Å². The van der Waals surface area contributed by atoms with Crippen molar-refractivity contribution in [2.24, 2.45) is 0 Å². The van der Waals surface area contributed by atoms with Crippen molar-refractivity contribution in [2.75, 3.05) is 24.1 Å². The molecule has 0 aliphatic rings. The fourth-order valence-corrected chi connectivity index (χ4v) is 1.88. The molecule has 2 heterocycles. The monoisotopic (exact) mass is 288 g/mol. The summed E-state index contributed by atoms with van der Waals surface area (Å²) in [7, 11) is 0. The van der Waals surface area contributed by atoms with Crippen molar-refractivity contribution in [3.05, 3.63) is 25.0 Å². The lowest BCUT2D eigenvalue weighted by molar-refractivity contribution is -0.142. The highest BCUT2D eigenvalue weighted by Crippen LogP contribution is 2.23. The molecule has 0 atom stereocenters. The number of rotatable bonds is 4. The number of hydrogen-bond acceptors (Lipinski definition) is 5. The molecule has 8 heteroatoms. The lowest BCUT2D eigenvalue weighted by Crippen LogP contribution is -2.39. The summed E-state index contributed by atoms with van der Waals surface area (Å²) in [6, 6.07) is 0. The van der Waals surface area contributed by atoms with Gasteiger partial charge in [0.2, 0.25) is 0 Å². The Kier molecular flexibility index (Phi) is 4.17. The van der Waals surface area contributed by atoms with Crippen LogP contribution in [0.25, 0.3) is 10.9 Å². The van der Waals surface area contributed by atoms with Gasteiger partial charge in [0.15, 0.2) is 0 Å². The van der Waals surface area contributed by atoms with Crippen molar-refractivity contribution >= 4 is 34.2 Å². The van der Waals surface area contributed by atoms with Crippen molar-refractivity contribution in [1.29, 1.82) is 0 Å². The molecule has 0 saturated carbocycles. The maximum Gasteiger partial charge on any atom is 0.314 e. The van der Waals surface area contributed by atoms with E-state index in [1.807, 2.05) is 0 Å². The number of carbonyl (C=O) groups is 2. The first-order valence-corrected chi connectivity index (χ1v) is 6.37. The topological polar surface area (TPSA) is 117 Å². The van der Waals surface area contributed by atoms with Gasteiger partial charge in [-0.2, -0.15) is 5.10 Å². The molecule has 0 radical (unpaired) electrons. The van der Waals surface area contributed by atoms with E-state index in [2.05, 4.69) is 27.1 Å². The third-order valence-electron chi connectivity index (χ3n) is 2.98. The molecule has 21 heavy (non-hydrogen) atoms. The number of hydrogen-bond donors (Lipinski definition) is 3. The van der Waals surface area contributed by atoms with Crippen LogP contribution in [0.15, 0.2) is 25.0 Å². The second-order valence-corrected chi connectivity index (χ2v) is 4.30. The Morgan fingerprint density at radius 3 is 2.95 bits per heavy atom. The van der Waals surface area contributed by atoms with E-state index in [-0.39, 0.29) is 0 Å². The maximum absolute atomic E-state index is 12.0. The van der Waals surface area contributed by atoms with Crippen LogP contribution >= 0.6 is 0 Å². The van der Waals surface area contributed by atoms with E-state index < -0.39 is 11.8 Å². The molecule has 0 spiro atoms. The molecular formula is C13H16N6O2. The van der Waals surface area contributed by atoms with Gasteiger partial charge < -0.3 is 16.0 Å². The number of anilines is 2. The lowest BCUT2D eigenvalue weighted by atomic mass is 10.2. The molecule has 2 rings (SSSR count). The van der Waals surface area contributed by atoms with Crippen LogP contribution in [0.3, 0.4) is 0 Å². The van der Waals surface area contributed by atoms with Gasteiger partial charge in [-0.25, -0.2) is 4.98 Å². The summed E-state index contributed by atoms with van der Waals surface area (Å²) < 4.78 is 0. The molecule has 4 N–H and O–H groups in total. The van der Waals surface area contributed by atoms with Gasteiger partial charge in [-0.1, -0.05) is 6.08 Å². The summed E-state index contributed by atoms with van der Waals surface area (Å²) in [5.41, 5.74) is 6.57. The number of amides is 2. The Labute approximate surface area is 121 Å². The summed E-state index contributed by atoms with van der Waals surface area (Å²) in [6.07, 6.45) is 4.45. The molecule has 0 unspecified atom stereocenters. The summed E-state index contributed by atoms with van der Waals surface area (Å²) in [6.45, 7) is 6.06. The Bertz CT molecular complexity index is 693. The minimum Gasteiger partial charge on any atom is -0.383 e. The van der Waals surface area contributed by atoms with Gasteiger partial charge >= 0.3 is 11.8 Å². The Morgan fingerprint density at radius 2 is 2.29 bits per heavy atom. The first-order chi connectivity index (χ1) is 10.1. The first kappa shape index (κ1) is 14.5. The minimum absolute atomic E-state index is 0.296. The smallest absolute Gasteiger partial charge is 0.314 e. The fraction of sp³-hybridized carbons (Fsp3) is 0.231. The number of nitrogens with one attached hydrogen (secondary N) is 2. The van der Waals surface area contributed by atoms with E-state index in [0.717, 1.165) is 0 Å². The van der Waals surface area contributed by atoms with Gasteiger partial charge in [0.05, 0.1) is 29.0 Å². The van der Waals surface area contributed by atoms with Crippen LogP contribution in [-0.2, 0) is 9.59 Å². The molecular weight excluding hydrogens is 272 g/mol. The number of H-pyrrole nitrogens is 1. The average Bonchev–Trinajstić information content (AvgIpc) is 2.97. The molecule has 8 nitrogen and oxygen atoms in total. The zero-order valence-electron chi connectivity index (χ0n) is 11.6. The number of fused-ring (bicyclic) bond motifs is 1. The van der Waals surface area contributed by atoms with Gasteiger partial charge in [0, 0.05) is 13.1 Å². The van der Waals surface area contributed by atoms with E-state index in [0.29, 0.717) is 35.5 Å². The number of nitrogens with zero attached hydrogens (tertiary/aromatic N) is 3. The van der Waals surface area contributed by atoms with Crippen LogP contribution in [0.2, 0.25) is 0 Å². The van der Waals surface area contributed by atoms with Crippen molar-refractivity contribution in [3.8, 4) is 0 Å². The molecule has 0 saturated heterocycles. The van der Waals surface area contributed by atoms with Gasteiger partial charge in [-0.15, -0.1) is 6.58 Å². The molecule has 0 fully saturated rings. The predicted octanol–water partition coefficient (Wildman–Crippen LogP) is 0.513. The molecule has 0 bridgehead atoms. The number of nitrogen functional groups attached to an aromatic ring is 1. The third-order valence-corrected chi connectivity index (χ3v) is 2.98. The normalized spacial score (nSPS) is 10.3. The fourth-order valence-electron chi connectivity index (χ4n) is 1.88. The van der Waals surface area contributed by atoms with Gasteiger partial charge in [0.1, 0.15) is 5.82 Å². The second kappa shape index (κ2) is 6.04. The van der Waals surface area contributed by atoms with Gasteiger partial charge in [-0.05, 0) is 6.92 Å². The van der Waals surface area contributed by atoms with E-state index in [4.69, 9.17) is 5.73 Å². The molecule has 110 valence electrons. The molecule has 0 aromatic carbocycles. The SMILES string of the molecule is C=CCN(CC)C(=O)C(=O)Nc1cnc(N)c2cn[nH]c12. The quantitative estimate of drug-likeness (QED) is 0.560. The number of likely N-dealkylation sites (N-methyl/N-ethyl adjacent to an activating group) is 1. The van der Waals surface area contributed by atoms with E-state index in [1.165, 1.54) is 17.3 Å². The van der Waals surface area contributed by atoms with Crippen LogP contribution in [0.4, 0.5) is 11.5 Å². The number of nitrogens with two attached hydrogens (primary N) is 1. The minimum atomic E-state index is -0.749. The Balaban J connectivity index is 2.22. The summed E-state index contributed by atoms with van der Waals surface area (Å²) in [5, 5.41) is 9.67. The zero-order chi connectivity index (χ0) is 15.4. The summed E-state index contributed by atoms with van der Waals surface area (Å²) in [4.78, 5) is 29.3. The van der Waals surface area contributed by atoms with Crippen molar-refractivity contribution in [3.63, 3.8) is 0 Å². The highest BCUT2D eigenvalue weighted by Gasteiger charge is 2.21. The molecule has 2 amide bonds. The van der Waals surface area contributed by atoms with Crippen LogP contribution in [0, 0.1) is 0 Å². The zero-order valence-corrected chi connectivity index (χ0v) is 11.6. The number of carbonyl (C=O) groups excluding carboxylic acids is 2. The number of aromatic nitrogens is 3. The lowest BCUT2D eigenvalue weighted by Gasteiger charge is -2.18. The molecule has 2 aromatic heterocycles. The summed E-state index contributed by atoms with van der Waals surface area (Å²) in [5.74, 6) is -1.09. The highest BCUT2D eigenvalue weighted by molar-refractivity contribution is 6.40. The van der Waals surface area contributed by atoms with Gasteiger partial charge in [-0.3, -0.25) is 14.7 Å². The van der Waals surface area contributed by atoms with E-state index in [9.17, 15) is 9.59 Å². The Morgan fingerprint density at radius 1 is 1.52 bits per heavy atom. The number of aromatic amines is 1. The largest absolute Gasteiger partial charge is 0.383 e. The average molecular weight is 288 g/mol. The van der Waals surface area contributed by atoms with E-state index >= 15 is 0 Å². The van der Waals surface area contributed by atoms with Crippen LogP contribution in [0.5, 0.6) is 0 Å². The van der Waals surface area contributed by atoms with Crippen LogP contribution < -0.4 is 11.1 Å². The van der Waals surface area contributed by atoms with Crippen molar-refractivity contribution in [2.45, 2.75) is 6.92 Å². The van der Waals surface area contributed by atoms with Crippen LogP contribution in [0.1, 0.15) is 6.92 Å². The second-order valence-electron chi connectivity index (χ2n) is 4.30. The highest BCUT2D eigenvalue weighted by atomic mass is 16.2. The maximum atomic E-state index is 12.0. The van der Waals surface area contributed by atoms with Crippen molar-refractivity contribution in [1.82, 2.24) is 20.1 Å². The number of pyridine rings is 1. The molecule has 0 aliphatic carbocycles.